The van der Waals surface area contributed by atoms with Crippen molar-refractivity contribution in [2.75, 3.05) is 14.6 Å². The zero-order chi connectivity index (χ0) is 51.5. The first-order valence-corrected chi connectivity index (χ1v) is 27.7. The predicted molar refractivity (Wildman–Crippen MR) is 325 cm³/mol. The lowest BCUT2D eigenvalue weighted by molar-refractivity contribution is 0.661. The molecule has 76 heavy (non-hydrogen) atoms. The lowest BCUT2D eigenvalue weighted by atomic mass is 9.42. The Bertz CT molecular complexity index is 3730. The van der Waals surface area contributed by atoms with E-state index in [1.807, 2.05) is 0 Å². The largest absolute Gasteiger partial charge is 0.376 e. The van der Waals surface area contributed by atoms with Gasteiger partial charge in [0, 0.05) is 56.5 Å². The van der Waals surface area contributed by atoms with Gasteiger partial charge in [-0.25, -0.2) is 0 Å². The molecule has 0 amide bonds. The van der Waals surface area contributed by atoms with E-state index in [1.54, 1.807) is 0 Å². The van der Waals surface area contributed by atoms with Gasteiger partial charge in [-0.3, -0.25) is 0 Å². The molecule has 10 aromatic rings. The van der Waals surface area contributed by atoms with Gasteiger partial charge in [0.05, 0.1) is 0 Å². The molecule has 4 heteroatoms. The maximum atomic E-state index is 2.68. The number of unbranched alkanes of at least 4 members (excludes halogenated alkanes) is 2. The summed E-state index contributed by atoms with van der Waals surface area (Å²) in [6.07, 6.45) is 6.89. The Morgan fingerprint density at radius 3 is 1.66 bits per heavy atom. The van der Waals surface area contributed by atoms with Gasteiger partial charge in [0.2, 0.25) is 0 Å². The third-order valence-corrected chi connectivity index (χ3v) is 16.7. The van der Waals surface area contributed by atoms with Crippen molar-refractivity contribution < 1.29 is 0 Å². The Labute approximate surface area is 450 Å². The standard InChI is InChI=1S/C72H64BN3/c1-6-8-21-50-33-38-56(39-34-50)74(57-40-35-51(36-41-57)22-9-7-2)58-42-44-68-65(47-58)73-70-63(61-30-17-19-32-67(61)76(73)59-28-20-27-54(46-59)52-23-12-10-13-24-52)48-62-60-29-16-18-31-64(60)72(4,5)69(62)71(70)75(68)66-43-37-55(45-49(66)3)53-25-14-11-15-26-53/h10-20,23-48H,6-9,21-22H2,1-5H3. The average Bonchev–Trinajstić information content (AvgIpc) is 3.81. The molecule has 3 aliphatic rings. The van der Waals surface area contributed by atoms with Crippen LogP contribution in [-0.2, 0) is 18.3 Å². The van der Waals surface area contributed by atoms with Crippen LogP contribution in [0, 0.1) is 6.92 Å². The lowest BCUT2D eigenvalue weighted by Crippen LogP contribution is -2.62. The van der Waals surface area contributed by atoms with Gasteiger partial charge in [0.15, 0.2) is 0 Å². The summed E-state index contributed by atoms with van der Waals surface area (Å²) in [6.45, 7) is 11.6. The van der Waals surface area contributed by atoms with Crippen LogP contribution in [0.5, 0.6) is 0 Å². The zero-order valence-corrected chi connectivity index (χ0v) is 44.5. The molecule has 0 atom stereocenters. The van der Waals surface area contributed by atoms with E-state index in [4.69, 9.17) is 0 Å². The number of aryl methyl sites for hydroxylation is 3. The highest BCUT2D eigenvalue weighted by Gasteiger charge is 2.50. The van der Waals surface area contributed by atoms with E-state index in [9.17, 15) is 0 Å². The van der Waals surface area contributed by atoms with Gasteiger partial charge >= 0.3 is 6.85 Å². The second-order valence-corrected chi connectivity index (χ2v) is 21.8. The first kappa shape index (κ1) is 47.4. The molecule has 10 aromatic carbocycles. The Balaban J connectivity index is 1.11. The first-order chi connectivity index (χ1) is 37.3. The number of rotatable bonds is 13. The summed E-state index contributed by atoms with van der Waals surface area (Å²) in [5.74, 6) is 0. The van der Waals surface area contributed by atoms with Crippen molar-refractivity contribution >= 4 is 63.3 Å². The van der Waals surface area contributed by atoms with E-state index < -0.39 is 0 Å². The molecule has 0 saturated carbocycles. The topological polar surface area (TPSA) is 9.72 Å². The van der Waals surface area contributed by atoms with Gasteiger partial charge < -0.3 is 14.6 Å². The predicted octanol–water partition coefficient (Wildman–Crippen LogP) is 18.5. The summed E-state index contributed by atoms with van der Waals surface area (Å²) in [7, 11) is 0. The number of anilines is 8. The van der Waals surface area contributed by atoms with Gasteiger partial charge in [-0.05, 0) is 189 Å². The molecule has 0 spiro atoms. The molecule has 2 heterocycles. The van der Waals surface area contributed by atoms with Crippen LogP contribution in [-0.4, -0.2) is 6.85 Å². The van der Waals surface area contributed by atoms with E-state index in [2.05, 4.69) is 274 Å². The van der Waals surface area contributed by atoms with Crippen LogP contribution in [0.15, 0.2) is 224 Å². The summed E-state index contributed by atoms with van der Waals surface area (Å²) in [4.78, 5) is 7.84. The van der Waals surface area contributed by atoms with Crippen LogP contribution in [0.4, 0.5) is 45.5 Å². The molecule has 13 rings (SSSR count). The van der Waals surface area contributed by atoms with Gasteiger partial charge in [-0.2, -0.15) is 0 Å². The third kappa shape index (κ3) is 7.97. The summed E-state index contributed by atoms with van der Waals surface area (Å²) < 4.78 is 0. The molecule has 0 N–H and O–H groups in total. The third-order valence-electron chi connectivity index (χ3n) is 16.7. The highest BCUT2D eigenvalue weighted by Crippen LogP contribution is 2.58. The fourth-order valence-electron chi connectivity index (χ4n) is 12.9. The van der Waals surface area contributed by atoms with E-state index in [1.165, 1.54) is 132 Å². The Morgan fingerprint density at radius 2 is 1.01 bits per heavy atom. The van der Waals surface area contributed by atoms with Crippen molar-refractivity contribution in [2.24, 2.45) is 0 Å². The van der Waals surface area contributed by atoms with Crippen molar-refractivity contribution in [3.8, 4) is 44.5 Å². The molecule has 370 valence electrons. The molecule has 0 aromatic heterocycles. The molecule has 1 aliphatic carbocycles. The maximum absolute atomic E-state index is 2.68. The van der Waals surface area contributed by atoms with Crippen LogP contribution in [0.3, 0.4) is 0 Å². The van der Waals surface area contributed by atoms with Crippen LogP contribution in [0.2, 0.25) is 0 Å². The maximum Gasteiger partial charge on any atom is 0.333 e. The number of hydrogen-bond acceptors (Lipinski definition) is 3. The summed E-state index contributed by atoms with van der Waals surface area (Å²) in [6, 6.07) is 85.1. The number of hydrogen-bond donors (Lipinski definition) is 0. The Morgan fingerprint density at radius 1 is 0.447 bits per heavy atom. The number of nitrogens with zero attached hydrogens (tertiary/aromatic N) is 3. The van der Waals surface area contributed by atoms with Crippen molar-refractivity contribution in [3.05, 3.63) is 252 Å². The monoisotopic (exact) mass is 982 g/mol. The number of para-hydroxylation sites is 1. The summed E-state index contributed by atoms with van der Waals surface area (Å²) >= 11 is 0. The summed E-state index contributed by atoms with van der Waals surface area (Å²) in [5.41, 5.74) is 28.5. The van der Waals surface area contributed by atoms with E-state index in [-0.39, 0.29) is 12.3 Å². The molecule has 2 aliphatic heterocycles. The highest BCUT2D eigenvalue weighted by atomic mass is 15.2. The molecule has 0 unspecified atom stereocenters. The minimum atomic E-state index is -0.299. The minimum Gasteiger partial charge on any atom is -0.376 e. The summed E-state index contributed by atoms with van der Waals surface area (Å²) in [5, 5.41) is 0. The normalized spacial score (nSPS) is 13.4. The number of fused-ring (bicyclic) bond motifs is 8. The van der Waals surface area contributed by atoms with Crippen molar-refractivity contribution in [1.29, 1.82) is 0 Å². The quantitative estimate of drug-likeness (QED) is 0.107. The van der Waals surface area contributed by atoms with Gasteiger partial charge in [0.1, 0.15) is 0 Å². The van der Waals surface area contributed by atoms with Gasteiger partial charge in [0.25, 0.3) is 0 Å². The van der Waals surface area contributed by atoms with E-state index >= 15 is 0 Å². The van der Waals surface area contributed by atoms with Crippen LogP contribution < -0.4 is 25.5 Å². The Kier molecular flexibility index (Phi) is 12.1. The molecule has 0 radical (unpaired) electrons. The van der Waals surface area contributed by atoms with Gasteiger partial charge in [-0.1, -0.05) is 186 Å². The second-order valence-electron chi connectivity index (χ2n) is 21.8. The fourth-order valence-corrected chi connectivity index (χ4v) is 12.9. The van der Waals surface area contributed by atoms with Gasteiger partial charge in [-0.15, -0.1) is 0 Å². The van der Waals surface area contributed by atoms with E-state index in [0.29, 0.717) is 0 Å². The molecule has 0 bridgehead atoms. The molecular formula is C72H64BN3. The van der Waals surface area contributed by atoms with Crippen molar-refractivity contribution in [3.63, 3.8) is 0 Å². The fraction of sp³-hybridized carbons (Fsp3) is 0.167. The zero-order valence-electron chi connectivity index (χ0n) is 44.5. The lowest BCUT2D eigenvalue weighted by Gasteiger charge is -2.48. The highest BCUT2D eigenvalue weighted by molar-refractivity contribution is 6.93. The SMILES string of the molecule is CCCCc1ccc(N(c2ccc(CCCC)cc2)c2ccc3c(c2)B2c4c(cc5c(c4N3c3ccc(-c4ccccc4)cc3C)C(C)(C)c3ccccc3-5)-c3ccccc3N2c2cccc(-c3ccccc3)c2)cc1. The first-order valence-electron chi connectivity index (χ1n) is 27.7. The minimum absolute atomic E-state index is 0.194. The molecular weight excluding hydrogens is 918 g/mol. The Hall–Kier alpha value is -8.34. The molecule has 0 saturated heterocycles. The second kappa shape index (κ2) is 19.4. The smallest absolute Gasteiger partial charge is 0.333 e. The number of benzene rings is 10. The van der Waals surface area contributed by atoms with Crippen LogP contribution in [0.25, 0.3) is 44.5 Å². The molecule has 0 fully saturated rings. The van der Waals surface area contributed by atoms with Crippen LogP contribution in [0.1, 0.15) is 81.2 Å². The van der Waals surface area contributed by atoms with Crippen molar-refractivity contribution in [2.45, 2.75) is 78.6 Å². The van der Waals surface area contributed by atoms with E-state index in [0.717, 1.165) is 35.6 Å². The van der Waals surface area contributed by atoms with Crippen LogP contribution >= 0.6 is 0 Å². The molecule has 3 nitrogen and oxygen atoms in total. The average molecular weight is 982 g/mol. The van der Waals surface area contributed by atoms with Crippen molar-refractivity contribution in [1.82, 2.24) is 0 Å².